The SMILES string of the molecule is CCCNc1ncnc(NC2CCSC2)c1Br. The topological polar surface area (TPSA) is 49.8 Å². The molecular weight excluding hydrogens is 300 g/mol. The fourth-order valence-corrected chi connectivity index (χ4v) is 3.29. The number of thioether (sulfide) groups is 1. The third kappa shape index (κ3) is 3.48. The van der Waals surface area contributed by atoms with Crippen molar-refractivity contribution in [2.24, 2.45) is 0 Å². The highest BCUT2D eigenvalue weighted by molar-refractivity contribution is 9.10. The fraction of sp³-hybridized carbons (Fsp3) is 0.636. The van der Waals surface area contributed by atoms with Crippen molar-refractivity contribution in [1.82, 2.24) is 9.97 Å². The lowest BCUT2D eigenvalue weighted by atomic mass is 10.2. The number of nitrogens with zero attached hydrogens (tertiary/aromatic N) is 2. The molecule has 1 fully saturated rings. The molecule has 2 rings (SSSR count). The van der Waals surface area contributed by atoms with E-state index in [1.54, 1.807) is 6.33 Å². The largest absolute Gasteiger partial charge is 0.369 e. The van der Waals surface area contributed by atoms with Gasteiger partial charge in [0.05, 0.1) is 0 Å². The Morgan fingerprint density at radius 1 is 1.47 bits per heavy atom. The Labute approximate surface area is 115 Å². The summed E-state index contributed by atoms with van der Waals surface area (Å²) in [5, 5.41) is 6.75. The molecule has 94 valence electrons. The van der Waals surface area contributed by atoms with Crippen molar-refractivity contribution in [2.45, 2.75) is 25.8 Å². The van der Waals surface area contributed by atoms with E-state index in [0.717, 1.165) is 34.8 Å². The first-order valence-electron chi connectivity index (χ1n) is 5.90. The molecule has 1 aromatic heterocycles. The summed E-state index contributed by atoms with van der Waals surface area (Å²) in [6.45, 7) is 3.06. The third-order valence-electron chi connectivity index (χ3n) is 2.60. The number of anilines is 2. The van der Waals surface area contributed by atoms with Crippen molar-refractivity contribution in [3.8, 4) is 0 Å². The minimum absolute atomic E-state index is 0.533. The molecular formula is C11H17BrN4S. The molecule has 1 aliphatic heterocycles. The fourth-order valence-electron chi connectivity index (χ4n) is 1.68. The lowest BCUT2D eigenvalue weighted by Crippen LogP contribution is -2.19. The molecule has 1 saturated heterocycles. The predicted octanol–water partition coefficient (Wildman–Crippen LogP) is 2.98. The summed E-state index contributed by atoms with van der Waals surface area (Å²) in [6.07, 6.45) is 3.89. The molecule has 6 heteroatoms. The van der Waals surface area contributed by atoms with Crippen molar-refractivity contribution in [1.29, 1.82) is 0 Å². The molecule has 0 radical (unpaired) electrons. The Hall–Kier alpha value is -0.490. The first-order chi connectivity index (χ1) is 8.31. The van der Waals surface area contributed by atoms with Crippen LogP contribution in [-0.2, 0) is 0 Å². The van der Waals surface area contributed by atoms with Gasteiger partial charge in [-0.25, -0.2) is 9.97 Å². The zero-order valence-corrected chi connectivity index (χ0v) is 12.3. The van der Waals surface area contributed by atoms with E-state index in [9.17, 15) is 0 Å². The van der Waals surface area contributed by atoms with E-state index in [-0.39, 0.29) is 0 Å². The van der Waals surface area contributed by atoms with Crippen LogP contribution in [0.1, 0.15) is 19.8 Å². The van der Waals surface area contributed by atoms with Crippen LogP contribution < -0.4 is 10.6 Å². The summed E-state index contributed by atoms with van der Waals surface area (Å²) in [5.41, 5.74) is 0. The van der Waals surface area contributed by atoms with Crippen LogP contribution in [-0.4, -0.2) is 34.1 Å². The van der Waals surface area contributed by atoms with Crippen LogP contribution in [0.3, 0.4) is 0 Å². The maximum absolute atomic E-state index is 4.29. The van der Waals surface area contributed by atoms with E-state index in [4.69, 9.17) is 0 Å². The normalized spacial score (nSPS) is 19.3. The van der Waals surface area contributed by atoms with Gasteiger partial charge in [0.25, 0.3) is 0 Å². The quantitative estimate of drug-likeness (QED) is 0.874. The van der Waals surface area contributed by atoms with Gasteiger partial charge in [0.1, 0.15) is 22.4 Å². The number of hydrogen-bond acceptors (Lipinski definition) is 5. The van der Waals surface area contributed by atoms with Gasteiger partial charge < -0.3 is 10.6 Å². The van der Waals surface area contributed by atoms with Gasteiger partial charge in [0.15, 0.2) is 0 Å². The smallest absolute Gasteiger partial charge is 0.146 e. The van der Waals surface area contributed by atoms with Crippen LogP contribution in [0.2, 0.25) is 0 Å². The second kappa shape index (κ2) is 6.44. The zero-order chi connectivity index (χ0) is 12.1. The Kier molecular flexibility index (Phi) is 4.91. The zero-order valence-electron chi connectivity index (χ0n) is 9.87. The van der Waals surface area contributed by atoms with Gasteiger partial charge in [-0.2, -0.15) is 11.8 Å². The van der Waals surface area contributed by atoms with Crippen LogP contribution in [0.15, 0.2) is 10.8 Å². The van der Waals surface area contributed by atoms with Crippen LogP contribution in [0.5, 0.6) is 0 Å². The number of hydrogen-bond donors (Lipinski definition) is 2. The molecule has 2 N–H and O–H groups in total. The van der Waals surface area contributed by atoms with Gasteiger partial charge in [-0.05, 0) is 34.5 Å². The van der Waals surface area contributed by atoms with E-state index < -0.39 is 0 Å². The Bertz CT molecular complexity index is 368. The van der Waals surface area contributed by atoms with Gasteiger partial charge in [-0.1, -0.05) is 6.92 Å². The van der Waals surface area contributed by atoms with Crippen molar-refractivity contribution >= 4 is 39.3 Å². The first kappa shape index (κ1) is 13.0. The van der Waals surface area contributed by atoms with Crippen LogP contribution in [0, 0.1) is 0 Å². The number of nitrogens with one attached hydrogen (secondary N) is 2. The van der Waals surface area contributed by atoms with Crippen LogP contribution >= 0.6 is 27.7 Å². The molecule has 0 saturated carbocycles. The van der Waals surface area contributed by atoms with E-state index >= 15 is 0 Å². The van der Waals surface area contributed by atoms with Crippen LogP contribution in [0.4, 0.5) is 11.6 Å². The van der Waals surface area contributed by atoms with E-state index in [0.29, 0.717) is 6.04 Å². The van der Waals surface area contributed by atoms with Crippen molar-refractivity contribution < 1.29 is 0 Å². The maximum atomic E-state index is 4.29. The molecule has 0 spiro atoms. The van der Waals surface area contributed by atoms with E-state index in [2.05, 4.69) is 43.5 Å². The van der Waals surface area contributed by atoms with Crippen molar-refractivity contribution in [3.05, 3.63) is 10.8 Å². The lowest BCUT2D eigenvalue weighted by Gasteiger charge is -2.15. The van der Waals surface area contributed by atoms with Crippen molar-refractivity contribution in [3.63, 3.8) is 0 Å². The number of halogens is 1. The molecule has 1 aliphatic rings. The lowest BCUT2D eigenvalue weighted by molar-refractivity contribution is 0.804. The molecule has 0 aromatic carbocycles. The van der Waals surface area contributed by atoms with Gasteiger partial charge in [0, 0.05) is 18.3 Å². The Balaban J connectivity index is 2.05. The Morgan fingerprint density at radius 2 is 2.29 bits per heavy atom. The molecule has 0 bridgehead atoms. The first-order valence-corrected chi connectivity index (χ1v) is 7.84. The van der Waals surface area contributed by atoms with Gasteiger partial charge in [-0.3, -0.25) is 0 Å². The molecule has 0 amide bonds. The third-order valence-corrected chi connectivity index (χ3v) is 4.52. The molecule has 4 nitrogen and oxygen atoms in total. The van der Waals surface area contributed by atoms with E-state index in [1.165, 1.54) is 12.2 Å². The van der Waals surface area contributed by atoms with Crippen molar-refractivity contribution in [2.75, 3.05) is 28.7 Å². The van der Waals surface area contributed by atoms with Gasteiger partial charge in [-0.15, -0.1) is 0 Å². The predicted molar refractivity (Wildman–Crippen MR) is 77.9 cm³/mol. The second-order valence-electron chi connectivity index (χ2n) is 4.02. The summed E-state index contributed by atoms with van der Waals surface area (Å²) in [7, 11) is 0. The summed E-state index contributed by atoms with van der Waals surface area (Å²) < 4.78 is 0.936. The van der Waals surface area contributed by atoms with Gasteiger partial charge in [0.2, 0.25) is 0 Å². The standard InChI is InChI=1S/C11H17BrN4S/c1-2-4-13-10-9(12)11(15-7-14-10)16-8-3-5-17-6-8/h7-8H,2-6H2,1H3,(H2,13,14,15,16). The molecule has 17 heavy (non-hydrogen) atoms. The minimum atomic E-state index is 0.533. The minimum Gasteiger partial charge on any atom is -0.369 e. The summed E-state index contributed by atoms with van der Waals surface area (Å²) in [6, 6.07) is 0.533. The number of rotatable bonds is 5. The van der Waals surface area contributed by atoms with Crippen LogP contribution in [0.25, 0.3) is 0 Å². The summed E-state index contributed by atoms with van der Waals surface area (Å²) >= 11 is 5.55. The average Bonchev–Trinajstić information content (AvgIpc) is 2.83. The Morgan fingerprint density at radius 3 is 3.00 bits per heavy atom. The highest BCUT2D eigenvalue weighted by Crippen LogP contribution is 2.29. The highest BCUT2D eigenvalue weighted by atomic mass is 79.9. The average molecular weight is 317 g/mol. The second-order valence-corrected chi connectivity index (χ2v) is 5.96. The molecule has 1 unspecified atom stereocenters. The van der Waals surface area contributed by atoms with E-state index in [1.807, 2.05) is 11.8 Å². The molecule has 1 aromatic rings. The maximum Gasteiger partial charge on any atom is 0.146 e. The molecule has 0 aliphatic carbocycles. The monoisotopic (exact) mass is 316 g/mol. The van der Waals surface area contributed by atoms with Gasteiger partial charge >= 0.3 is 0 Å². The highest BCUT2D eigenvalue weighted by Gasteiger charge is 2.17. The summed E-state index contributed by atoms with van der Waals surface area (Å²) in [5.74, 6) is 4.16. The molecule has 1 atom stereocenters. The summed E-state index contributed by atoms with van der Waals surface area (Å²) in [4.78, 5) is 8.53. The molecule has 2 heterocycles. The number of aromatic nitrogens is 2.